The van der Waals surface area contributed by atoms with Gasteiger partial charge in [-0.3, -0.25) is 0 Å². The first-order chi connectivity index (χ1) is 7.90. The maximum absolute atomic E-state index is 2.18. The van der Waals surface area contributed by atoms with Crippen LogP contribution in [0.1, 0.15) is 12.8 Å². The zero-order valence-electron chi connectivity index (χ0n) is 8.28. The Balaban J connectivity index is 1.56. The molecule has 0 atom stereocenters. The van der Waals surface area contributed by atoms with Crippen LogP contribution in [-0.2, 0) is 0 Å². The molecule has 4 aliphatic rings. The van der Waals surface area contributed by atoms with Crippen molar-refractivity contribution in [3.8, 4) is 0 Å². The molecule has 84 valence electrons. The van der Waals surface area contributed by atoms with Gasteiger partial charge in [-0.05, 0) is 0 Å². The second kappa shape index (κ2) is 4.83. The van der Waals surface area contributed by atoms with Gasteiger partial charge in [0.1, 0.15) is 0 Å². The van der Waals surface area contributed by atoms with Gasteiger partial charge in [0.15, 0.2) is 0 Å². The van der Waals surface area contributed by atoms with Gasteiger partial charge in [-0.15, -0.1) is 0 Å². The summed E-state index contributed by atoms with van der Waals surface area (Å²) in [6.07, 6.45) is 2.86. The van der Waals surface area contributed by atoms with E-state index in [1.165, 1.54) is 24.3 Å². The fraction of sp³-hybridized carbons (Fsp3) is 0.400. The molecule has 4 aliphatic heterocycles. The van der Waals surface area contributed by atoms with Gasteiger partial charge in [-0.25, -0.2) is 0 Å². The SMILES string of the molecule is C1CC2=C(S1)[Se]/C(=C1\[Se]C3=C(SCC3)[Se]1)[Se]2. The van der Waals surface area contributed by atoms with E-state index in [0.29, 0.717) is 0 Å². The van der Waals surface area contributed by atoms with Gasteiger partial charge >= 0.3 is 131 Å². The number of rotatable bonds is 0. The van der Waals surface area contributed by atoms with Crippen LogP contribution in [0, 0.1) is 0 Å². The Morgan fingerprint density at radius 3 is 1.62 bits per heavy atom. The molecule has 0 amide bonds. The standard InChI is InChI=1S/C10H8S2Se4/c1-3-11-7-5(1)13-9(15-7)10-14-6-2-4-12-8(6)16-10/h1-4H2/b10-9+. The minimum atomic E-state index is 0.791. The summed E-state index contributed by atoms with van der Waals surface area (Å²) in [5.74, 6) is 2.80. The van der Waals surface area contributed by atoms with Crippen molar-refractivity contribution in [2.45, 2.75) is 12.8 Å². The summed E-state index contributed by atoms with van der Waals surface area (Å²) in [5.41, 5.74) is 0. The summed E-state index contributed by atoms with van der Waals surface area (Å²) in [6.45, 7) is 0. The molecule has 0 fully saturated rings. The summed E-state index contributed by atoms with van der Waals surface area (Å²) in [7, 11) is 0. The first-order valence-electron chi connectivity index (χ1n) is 5.08. The molecule has 0 bridgehead atoms. The van der Waals surface area contributed by atoms with E-state index in [2.05, 4.69) is 23.5 Å². The summed E-state index contributed by atoms with van der Waals surface area (Å²) >= 11 is 7.56. The van der Waals surface area contributed by atoms with Crippen molar-refractivity contribution in [1.29, 1.82) is 0 Å². The summed E-state index contributed by atoms with van der Waals surface area (Å²) in [6, 6.07) is 0. The van der Waals surface area contributed by atoms with E-state index in [1.54, 1.807) is 0 Å². The van der Waals surface area contributed by atoms with E-state index in [0.717, 1.165) is 59.8 Å². The van der Waals surface area contributed by atoms with Crippen molar-refractivity contribution in [2.75, 3.05) is 11.5 Å². The van der Waals surface area contributed by atoms with Crippen molar-refractivity contribution < 1.29 is 0 Å². The van der Waals surface area contributed by atoms with Crippen molar-refractivity contribution in [3.63, 3.8) is 0 Å². The predicted octanol–water partition coefficient (Wildman–Crippen LogP) is 1.57. The van der Waals surface area contributed by atoms with E-state index in [4.69, 9.17) is 0 Å². The molecule has 0 aromatic heterocycles. The second-order valence-electron chi connectivity index (χ2n) is 3.60. The molecule has 0 spiro atoms. The summed E-state index contributed by atoms with van der Waals surface area (Å²) < 4.78 is 11.4. The minimum absolute atomic E-state index is 0.791. The molecule has 0 aromatic carbocycles. The molecule has 0 unspecified atom stereocenters. The molecule has 0 N–H and O–H groups in total. The first kappa shape index (κ1) is 11.8. The van der Waals surface area contributed by atoms with E-state index >= 15 is 0 Å². The molecule has 0 aromatic rings. The number of allylic oxidation sites excluding steroid dienone is 2. The van der Waals surface area contributed by atoms with Gasteiger partial charge in [0.2, 0.25) is 0 Å². The fourth-order valence-electron chi connectivity index (χ4n) is 1.80. The third kappa shape index (κ3) is 2.04. The molecule has 6 heteroatoms. The van der Waals surface area contributed by atoms with E-state index in [-0.39, 0.29) is 0 Å². The van der Waals surface area contributed by atoms with Gasteiger partial charge in [-0.2, -0.15) is 0 Å². The summed E-state index contributed by atoms with van der Waals surface area (Å²) in [4.78, 5) is 0. The van der Waals surface area contributed by atoms with Crippen LogP contribution >= 0.6 is 23.5 Å². The molecule has 0 nitrogen and oxygen atoms in total. The van der Waals surface area contributed by atoms with Gasteiger partial charge < -0.3 is 0 Å². The van der Waals surface area contributed by atoms with E-state index in [1.807, 2.05) is 23.3 Å². The van der Waals surface area contributed by atoms with Gasteiger partial charge in [0, 0.05) is 0 Å². The normalized spacial score (nSPS) is 33.0. The monoisotopic (exact) mass is 512 g/mol. The third-order valence-corrected chi connectivity index (χ3v) is 22.7. The number of hydrogen-bond acceptors (Lipinski definition) is 2. The molecule has 0 aliphatic carbocycles. The van der Waals surface area contributed by atoms with Crippen LogP contribution in [0.2, 0.25) is 0 Å². The Morgan fingerprint density at radius 2 is 1.19 bits per heavy atom. The molecule has 0 radical (unpaired) electrons. The van der Waals surface area contributed by atoms with Crippen molar-refractivity contribution in [1.82, 2.24) is 0 Å². The van der Waals surface area contributed by atoms with Crippen LogP contribution in [-0.4, -0.2) is 71.3 Å². The Hall–Kier alpha value is 2.00. The van der Waals surface area contributed by atoms with Crippen LogP contribution in [0.15, 0.2) is 23.3 Å². The average molecular weight is 508 g/mol. The molecular formula is C10H8S2Se4. The number of hydrogen-bond donors (Lipinski definition) is 0. The first-order valence-corrected chi connectivity index (χ1v) is 13.9. The van der Waals surface area contributed by atoms with Crippen LogP contribution < -0.4 is 0 Å². The topological polar surface area (TPSA) is 0 Å². The van der Waals surface area contributed by atoms with Crippen LogP contribution in [0.25, 0.3) is 0 Å². The Labute approximate surface area is 129 Å². The fourth-order valence-corrected chi connectivity index (χ4v) is 24.1. The molecule has 16 heavy (non-hydrogen) atoms. The third-order valence-electron chi connectivity index (χ3n) is 2.55. The van der Waals surface area contributed by atoms with Gasteiger partial charge in [0.05, 0.1) is 0 Å². The van der Waals surface area contributed by atoms with Crippen molar-refractivity contribution in [2.24, 2.45) is 0 Å². The van der Waals surface area contributed by atoms with Crippen LogP contribution in [0.3, 0.4) is 0 Å². The van der Waals surface area contributed by atoms with Gasteiger partial charge in [-0.1, -0.05) is 0 Å². The predicted molar refractivity (Wildman–Crippen MR) is 78.2 cm³/mol. The van der Waals surface area contributed by atoms with Crippen molar-refractivity contribution in [3.05, 3.63) is 23.3 Å². The van der Waals surface area contributed by atoms with E-state index < -0.39 is 0 Å². The molecule has 4 rings (SSSR count). The Bertz CT molecular complexity index is 385. The Morgan fingerprint density at radius 1 is 0.688 bits per heavy atom. The molecule has 0 saturated carbocycles. The van der Waals surface area contributed by atoms with E-state index in [9.17, 15) is 0 Å². The summed E-state index contributed by atoms with van der Waals surface area (Å²) in [5, 5.41) is 0. The van der Waals surface area contributed by atoms with Crippen molar-refractivity contribution >= 4 is 83.4 Å². The zero-order chi connectivity index (χ0) is 10.5. The number of thioether (sulfide) groups is 2. The molecule has 0 saturated heterocycles. The van der Waals surface area contributed by atoms with Crippen LogP contribution in [0.4, 0.5) is 0 Å². The quantitative estimate of drug-likeness (QED) is 0.457. The van der Waals surface area contributed by atoms with Crippen LogP contribution in [0.5, 0.6) is 0 Å². The zero-order valence-corrected chi connectivity index (χ0v) is 16.8. The molecular weight excluding hydrogens is 500 g/mol. The van der Waals surface area contributed by atoms with Gasteiger partial charge in [0.25, 0.3) is 0 Å². The average Bonchev–Trinajstić information content (AvgIpc) is 2.94. The second-order valence-corrected chi connectivity index (χ2v) is 18.5. The maximum atomic E-state index is 2.18. The molecule has 4 heterocycles. The Kier molecular flexibility index (Phi) is 3.56.